The summed E-state index contributed by atoms with van der Waals surface area (Å²) in [5.74, 6) is 1.33. The highest BCUT2D eigenvalue weighted by Gasteiger charge is 2.40. The number of nitrogens with zero attached hydrogens (tertiary/aromatic N) is 2. The van der Waals surface area contributed by atoms with Crippen LogP contribution in [0.1, 0.15) is 45.6 Å². The van der Waals surface area contributed by atoms with Crippen LogP contribution in [0.4, 0.5) is 0 Å². The SMILES string of the molecule is Cc1cc(Cl)ccc1OC(C)C(=O)N1CCC[C@@H]2CN(C(=O)C(C)C)CC[C@H]21. The van der Waals surface area contributed by atoms with Crippen LogP contribution in [0.2, 0.25) is 5.02 Å². The first kappa shape index (κ1) is 21.0. The molecule has 2 saturated heterocycles. The Hall–Kier alpha value is -1.75. The summed E-state index contributed by atoms with van der Waals surface area (Å²) in [6.45, 7) is 9.90. The largest absolute Gasteiger partial charge is 0.481 e. The Balaban J connectivity index is 1.66. The van der Waals surface area contributed by atoms with Crippen molar-refractivity contribution in [1.82, 2.24) is 9.80 Å². The fourth-order valence-electron chi connectivity index (χ4n) is 4.46. The van der Waals surface area contributed by atoms with Gasteiger partial charge in [0.2, 0.25) is 5.91 Å². The third-order valence-electron chi connectivity index (χ3n) is 5.95. The number of carbonyl (C=O) groups excluding carboxylic acids is 2. The fourth-order valence-corrected chi connectivity index (χ4v) is 4.69. The second-order valence-corrected chi connectivity index (χ2v) is 8.84. The van der Waals surface area contributed by atoms with Gasteiger partial charge >= 0.3 is 0 Å². The van der Waals surface area contributed by atoms with E-state index in [1.54, 1.807) is 6.07 Å². The Labute approximate surface area is 173 Å². The number of likely N-dealkylation sites (tertiary alicyclic amines) is 2. The summed E-state index contributed by atoms with van der Waals surface area (Å²) in [7, 11) is 0. The molecular formula is C22H31ClN2O3. The first-order chi connectivity index (χ1) is 13.3. The lowest BCUT2D eigenvalue weighted by molar-refractivity contribution is -0.147. The van der Waals surface area contributed by atoms with Gasteiger partial charge in [-0.05, 0) is 62.8 Å². The number of fused-ring (bicyclic) bond motifs is 1. The molecule has 154 valence electrons. The second-order valence-electron chi connectivity index (χ2n) is 8.40. The van der Waals surface area contributed by atoms with Gasteiger partial charge in [0.1, 0.15) is 5.75 Å². The van der Waals surface area contributed by atoms with E-state index in [4.69, 9.17) is 16.3 Å². The highest BCUT2D eigenvalue weighted by atomic mass is 35.5. The zero-order valence-electron chi connectivity index (χ0n) is 17.3. The van der Waals surface area contributed by atoms with Gasteiger partial charge in [0.05, 0.1) is 0 Å². The van der Waals surface area contributed by atoms with E-state index < -0.39 is 6.10 Å². The Morgan fingerprint density at radius 1 is 1.14 bits per heavy atom. The number of hydrogen-bond acceptors (Lipinski definition) is 3. The topological polar surface area (TPSA) is 49.9 Å². The molecule has 2 heterocycles. The lowest BCUT2D eigenvalue weighted by atomic mass is 9.83. The molecule has 0 aliphatic carbocycles. The third kappa shape index (κ3) is 4.45. The number of carbonyl (C=O) groups is 2. The molecule has 0 N–H and O–H groups in total. The molecule has 0 aromatic heterocycles. The molecule has 0 bridgehead atoms. The number of rotatable bonds is 4. The van der Waals surface area contributed by atoms with Crippen LogP contribution in [0.3, 0.4) is 0 Å². The van der Waals surface area contributed by atoms with E-state index in [9.17, 15) is 9.59 Å². The van der Waals surface area contributed by atoms with Crippen molar-refractivity contribution in [2.75, 3.05) is 19.6 Å². The molecule has 3 rings (SSSR count). The standard InChI is InChI=1S/C22H31ClN2O3/c1-14(2)21(26)24-11-9-19-17(13-24)6-5-10-25(19)22(27)16(4)28-20-8-7-18(23)12-15(20)3/h7-8,12,14,16-17,19H,5-6,9-11,13H2,1-4H3/t16?,17-,19-/m1/s1. The maximum Gasteiger partial charge on any atom is 0.263 e. The zero-order chi connectivity index (χ0) is 20.4. The molecule has 28 heavy (non-hydrogen) atoms. The minimum atomic E-state index is -0.547. The van der Waals surface area contributed by atoms with E-state index in [1.807, 2.05) is 49.6 Å². The third-order valence-corrected chi connectivity index (χ3v) is 6.18. The van der Waals surface area contributed by atoms with Crippen molar-refractivity contribution in [1.29, 1.82) is 0 Å². The maximum absolute atomic E-state index is 13.2. The van der Waals surface area contributed by atoms with Crippen molar-refractivity contribution >= 4 is 23.4 Å². The second kappa shape index (κ2) is 8.73. The van der Waals surface area contributed by atoms with E-state index in [1.165, 1.54) is 0 Å². The van der Waals surface area contributed by atoms with E-state index >= 15 is 0 Å². The molecule has 3 atom stereocenters. The highest BCUT2D eigenvalue weighted by molar-refractivity contribution is 6.30. The lowest BCUT2D eigenvalue weighted by Gasteiger charge is -2.48. The van der Waals surface area contributed by atoms with Crippen molar-refractivity contribution in [2.45, 2.75) is 59.1 Å². The van der Waals surface area contributed by atoms with E-state index in [0.717, 1.165) is 44.5 Å². The van der Waals surface area contributed by atoms with Crippen LogP contribution >= 0.6 is 11.6 Å². The number of piperidine rings is 2. The number of benzene rings is 1. The zero-order valence-corrected chi connectivity index (χ0v) is 18.0. The van der Waals surface area contributed by atoms with Crippen LogP contribution in [0.25, 0.3) is 0 Å². The van der Waals surface area contributed by atoms with Gasteiger partial charge in [0.25, 0.3) is 5.91 Å². The van der Waals surface area contributed by atoms with Crippen molar-refractivity contribution in [2.24, 2.45) is 11.8 Å². The molecule has 2 fully saturated rings. The summed E-state index contributed by atoms with van der Waals surface area (Å²) in [4.78, 5) is 29.5. The molecule has 0 radical (unpaired) electrons. The molecule has 5 nitrogen and oxygen atoms in total. The summed E-state index contributed by atoms with van der Waals surface area (Å²) < 4.78 is 5.97. The van der Waals surface area contributed by atoms with Gasteiger partial charge in [-0.15, -0.1) is 0 Å². The van der Waals surface area contributed by atoms with Crippen molar-refractivity contribution in [3.63, 3.8) is 0 Å². The number of hydrogen-bond donors (Lipinski definition) is 0. The van der Waals surface area contributed by atoms with Gasteiger partial charge in [0, 0.05) is 36.6 Å². The predicted octanol–water partition coefficient (Wildman–Crippen LogP) is 3.91. The molecular weight excluding hydrogens is 376 g/mol. The van der Waals surface area contributed by atoms with Gasteiger partial charge < -0.3 is 14.5 Å². The number of ether oxygens (including phenoxy) is 1. The summed E-state index contributed by atoms with van der Waals surface area (Å²) in [5, 5.41) is 0.658. The molecule has 6 heteroatoms. The van der Waals surface area contributed by atoms with Crippen molar-refractivity contribution in [3.05, 3.63) is 28.8 Å². The first-order valence-corrected chi connectivity index (χ1v) is 10.7. The summed E-state index contributed by atoms with van der Waals surface area (Å²) in [6.07, 6.45) is 2.35. The minimum Gasteiger partial charge on any atom is -0.481 e. The van der Waals surface area contributed by atoms with Crippen LogP contribution in [0.5, 0.6) is 5.75 Å². The number of aryl methyl sites for hydroxylation is 1. The van der Waals surface area contributed by atoms with Crippen LogP contribution in [0.15, 0.2) is 18.2 Å². The van der Waals surface area contributed by atoms with Crippen molar-refractivity contribution < 1.29 is 14.3 Å². The highest BCUT2D eigenvalue weighted by Crippen LogP contribution is 2.32. The minimum absolute atomic E-state index is 0.0221. The average Bonchev–Trinajstić information content (AvgIpc) is 2.67. The Kier molecular flexibility index (Phi) is 6.54. The van der Waals surface area contributed by atoms with Crippen molar-refractivity contribution in [3.8, 4) is 5.75 Å². The molecule has 1 aromatic rings. The lowest BCUT2D eigenvalue weighted by Crippen LogP contribution is -2.58. The Morgan fingerprint density at radius 2 is 1.89 bits per heavy atom. The molecule has 2 amide bonds. The van der Waals surface area contributed by atoms with Crippen LogP contribution in [-0.4, -0.2) is 53.4 Å². The molecule has 2 aliphatic rings. The average molecular weight is 407 g/mol. The van der Waals surface area contributed by atoms with Gasteiger partial charge in [-0.1, -0.05) is 25.4 Å². The van der Waals surface area contributed by atoms with Gasteiger partial charge in [0.15, 0.2) is 6.10 Å². The first-order valence-electron chi connectivity index (χ1n) is 10.3. The van der Waals surface area contributed by atoms with E-state index in [0.29, 0.717) is 16.7 Å². The van der Waals surface area contributed by atoms with Gasteiger partial charge in [-0.25, -0.2) is 0 Å². The van der Waals surface area contributed by atoms with Crippen LogP contribution < -0.4 is 4.74 Å². The molecule has 2 aliphatic heterocycles. The predicted molar refractivity (Wildman–Crippen MR) is 111 cm³/mol. The van der Waals surface area contributed by atoms with Gasteiger partial charge in [-0.2, -0.15) is 0 Å². The van der Waals surface area contributed by atoms with E-state index in [2.05, 4.69) is 0 Å². The molecule has 1 aromatic carbocycles. The van der Waals surface area contributed by atoms with Crippen LogP contribution in [-0.2, 0) is 9.59 Å². The summed E-state index contributed by atoms with van der Waals surface area (Å²) in [6, 6.07) is 5.64. The molecule has 1 unspecified atom stereocenters. The number of amides is 2. The summed E-state index contributed by atoms with van der Waals surface area (Å²) >= 11 is 6.01. The summed E-state index contributed by atoms with van der Waals surface area (Å²) in [5.41, 5.74) is 0.921. The Bertz CT molecular complexity index is 736. The van der Waals surface area contributed by atoms with Crippen LogP contribution in [0, 0.1) is 18.8 Å². The maximum atomic E-state index is 13.2. The van der Waals surface area contributed by atoms with Gasteiger partial charge in [-0.3, -0.25) is 9.59 Å². The van der Waals surface area contributed by atoms with E-state index in [-0.39, 0.29) is 23.8 Å². The smallest absolute Gasteiger partial charge is 0.263 e. The molecule has 0 spiro atoms. The Morgan fingerprint density at radius 3 is 2.57 bits per heavy atom. The molecule has 0 saturated carbocycles. The monoisotopic (exact) mass is 406 g/mol. The quantitative estimate of drug-likeness (QED) is 0.761. The number of halogens is 1. The fraction of sp³-hybridized carbons (Fsp3) is 0.636. The normalized spacial score (nSPS) is 23.4.